The lowest BCUT2D eigenvalue weighted by atomic mass is 9.83. The van der Waals surface area contributed by atoms with Crippen LogP contribution in [0.4, 0.5) is 0 Å². The Labute approximate surface area is 113 Å². The molecule has 3 N–H and O–H groups in total. The van der Waals surface area contributed by atoms with Crippen LogP contribution in [0.25, 0.3) is 0 Å². The van der Waals surface area contributed by atoms with E-state index in [-0.39, 0.29) is 29.0 Å². The average molecular weight is 263 g/mol. The van der Waals surface area contributed by atoms with Crippen LogP contribution in [0.1, 0.15) is 49.4 Å². The topological polar surface area (TPSA) is 69.6 Å². The molecule has 1 aliphatic rings. The molecular weight excluding hydrogens is 242 g/mol. The highest BCUT2D eigenvalue weighted by Crippen LogP contribution is 2.29. The summed E-state index contributed by atoms with van der Waals surface area (Å²) < 4.78 is 0. The molecule has 1 aromatic carbocycles. The summed E-state index contributed by atoms with van der Waals surface area (Å²) in [7, 11) is 0. The molecule has 0 aromatic heterocycles. The van der Waals surface area contributed by atoms with Crippen molar-refractivity contribution in [2.45, 2.75) is 45.1 Å². The van der Waals surface area contributed by atoms with Gasteiger partial charge in [-0.25, -0.2) is 0 Å². The summed E-state index contributed by atoms with van der Waals surface area (Å²) in [5, 5.41) is 22.3. The Bertz CT molecular complexity index is 438. The number of amides is 1. The van der Waals surface area contributed by atoms with Crippen LogP contribution in [0, 0.1) is 5.92 Å². The van der Waals surface area contributed by atoms with Crippen LogP contribution in [0.3, 0.4) is 0 Å². The van der Waals surface area contributed by atoms with Gasteiger partial charge in [-0.1, -0.05) is 32.3 Å². The van der Waals surface area contributed by atoms with Crippen LogP contribution in [-0.2, 0) is 0 Å². The Morgan fingerprint density at radius 3 is 2.53 bits per heavy atom. The van der Waals surface area contributed by atoms with E-state index in [1.54, 1.807) is 0 Å². The second-order valence-corrected chi connectivity index (χ2v) is 5.20. The molecular formula is C15H21NO3. The van der Waals surface area contributed by atoms with Crippen LogP contribution in [0.5, 0.6) is 11.5 Å². The number of carbonyl (C=O) groups excluding carboxylic acids is 1. The van der Waals surface area contributed by atoms with Crippen molar-refractivity contribution in [2.24, 2.45) is 5.92 Å². The quantitative estimate of drug-likeness (QED) is 0.785. The summed E-state index contributed by atoms with van der Waals surface area (Å²) in [5.41, 5.74) is -0.0251. The third-order valence-corrected chi connectivity index (χ3v) is 4.00. The zero-order valence-electron chi connectivity index (χ0n) is 11.2. The summed E-state index contributed by atoms with van der Waals surface area (Å²) in [6.45, 7) is 2.13. The molecule has 2 atom stereocenters. The largest absolute Gasteiger partial charge is 0.507 e. The lowest BCUT2D eigenvalue weighted by Crippen LogP contribution is -2.41. The molecule has 4 nitrogen and oxygen atoms in total. The number of rotatable bonds is 3. The molecule has 104 valence electrons. The maximum absolute atomic E-state index is 12.2. The summed E-state index contributed by atoms with van der Waals surface area (Å²) in [6.07, 6.45) is 5.48. The number of hydrogen-bond acceptors (Lipinski definition) is 3. The van der Waals surface area contributed by atoms with E-state index in [1.165, 1.54) is 24.6 Å². The molecule has 4 heteroatoms. The monoisotopic (exact) mass is 263 g/mol. The van der Waals surface area contributed by atoms with E-state index >= 15 is 0 Å². The molecule has 1 amide bonds. The van der Waals surface area contributed by atoms with E-state index in [0.29, 0.717) is 5.92 Å². The maximum Gasteiger partial charge on any atom is 0.259 e. The first kappa shape index (κ1) is 13.7. The smallest absolute Gasteiger partial charge is 0.259 e. The van der Waals surface area contributed by atoms with E-state index in [4.69, 9.17) is 0 Å². The van der Waals surface area contributed by atoms with Gasteiger partial charge >= 0.3 is 0 Å². The van der Waals surface area contributed by atoms with Crippen LogP contribution in [-0.4, -0.2) is 22.2 Å². The van der Waals surface area contributed by atoms with Crippen molar-refractivity contribution in [3.8, 4) is 11.5 Å². The number of phenols is 2. The van der Waals surface area contributed by atoms with Gasteiger partial charge in [0.25, 0.3) is 5.91 Å². The minimum atomic E-state index is -0.388. The van der Waals surface area contributed by atoms with Crippen LogP contribution in [0.2, 0.25) is 0 Å². The van der Waals surface area contributed by atoms with Crippen molar-refractivity contribution in [2.75, 3.05) is 0 Å². The van der Waals surface area contributed by atoms with Gasteiger partial charge in [0.1, 0.15) is 17.1 Å². The Morgan fingerprint density at radius 1 is 1.26 bits per heavy atom. The van der Waals surface area contributed by atoms with Gasteiger partial charge in [-0.15, -0.1) is 0 Å². The highest BCUT2D eigenvalue weighted by molar-refractivity contribution is 5.99. The molecule has 1 aliphatic carbocycles. The fourth-order valence-electron chi connectivity index (χ4n) is 2.89. The van der Waals surface area contributed by atoms with Crippen LogP contribution >= 0.6 is 0 Å². The molecule has 0 radical (unpaired) electrons. The first-order chi connectivity index (χ1) is 9.13. The van der Waals surface area contributed by atoms with Gasteiger partial charge in [-0.05, 0) is 30.9 Å². The molecule has 1 saturated carbocycles. The summed E-state index contributed by atoms with van der Waals surface area (Å²) >= 11 is 0. The molecule has 2 rings (SSSR count). The van der Waals surface area contributed by atoms with Crippen molar-refractivity contribution < 1.29 is 15.0 Å². The summed E-state index contributed by atoms with van der Waals surface area (Å²) in [4.78, 5) is 12.2. The van der Waals surface area contributed by atoms with Gasteiger partial charge in [0.2, 0.25) is 0 Å². The second-order valence-electron chi connectivity index (χ2n) is 5.20. The van der Waals surface area contributed by atoms with Gasteiger partial charge in [0.15, 0.2) is 0 Å². The zero-order chi connectivity index (χ0) is 13.8. The van der Waals surface area contributed by atoms with E-state index < -0.39 is 0 Å². The summed E-state index contributed by atoms with van der Waals surface area (Å²) in [5.74, 6) is -0.255. The Morgan fingerprint density at radius 2 is 1.89 bits per heavy atom. The highest BCUT2D eigenvalue weighted by atomic mass is 16.3. The molecule has 1 fully saturated rings. The van der Waals surface area contributed by atoms with E-state index in [9.17, 15) is 15.0 Å². The van der Waals surface area contributed by atoms with E-state index in [1.807, 2.05) is 0 Å². The molecule has 0 aliphatic heterocycles. The fraction of sp³-hybridized carbons (Fsp3) is 0.533. The van der Waals surface area contributed by atoms with Gasteiger partial charge in [0, 0.05) is 6.04 Å². The van der Waals surface area contributed by atoms with Gasteiger partial charge in [-0.3, -0.25) is 4.79 Å². The molecule has 0 heterocycles. The van der Waals surface area contributed by atoms with E-state index in [0.717, 1.165) is 25.7 Å². The van der Waals surface area contributed by atoms with Crippen molar-refractivity contribution >= 4 is 5.91 Å². The number of carbonyl (C=O) groups is 1. The van der Waals surface area contributed by atoms with Gasteiger partial charge in [0.05, 0.1) is 0 Å². The number of nitrogens with one attached hydrogen (secondary N) is 1. The van der Waals surface area contributed by atoms with Crippen molar-refractivity contribution in [1.82, 2.24) is 5.32 Å². The molecule has 2 unspecified atom stereocenters. The lowest BCUT2D eigenvalue weighted by molar-refractivity contribution is 0.0899. The average Bonchev–Trinajstić information content (AvgIpc) is 2.39. The molecule has 0 bridgehead atoms. The number of benzene rings is 1. The minimum Gasteiger partial charge on any atom is -0.507 e. The second kappa shape index (κ2) is 5.95. The fourth-order valence-corrected chi connectivity index (χ4v) is 2.89. The Hall–Kier alpha value is -1.71. The maximum atomic E-state index is 12.2. The van der Waals surface area contributed by atoms with E-state index in [2.05, 4.69) is 12.2 Å². The number of aromatic hydroxyl groups is 2. The lowest BCUT2D eigenvalue weighted by Gasteiger charge is -2.31. The van der Waals surface area contributed by atoms with Gasteiger partial charge < -0.3 is 15.5 Å². The van der Waals surface area contributed by atoms with Crippen molar-refractivity contribution in [3.05, 3.63) is 23.8 Å². The first-order valence-corrected chi connectivity index (χ1v) is 6.95. The van der Waals surface area contributed by atoms with Crippen molar-refractivity contribution in [3.63, 3.8) is 0 Å². The normalized spacial score (nSPS) is 23.0. The van der Waals surface area contributed by atoms with Gasteiger partial charge in [-0.2, -0.15) is 0 Å². The van der Waals surface area contributed by atoms with Crippen LogP contribution in [0.15, 0.2) is 18.2 Å². The molecule has 19 heavy (non-hydrogen) atoms. The minimum absolute atomic E-state index is 0.0251. The summed E-state index contributed by atoms with van der Waals surface area (Å²) in [6, 6.07) is 4.47. The zero-order valence-corrected chi connectivity index (χ0v) is 11.2. The molecule has 0 spiro atoms. The predicted octanol–water partition coefficient (Wildman–Crippen LogP) is 2.80. The SMILES string of the molecule is CCC1CCCCC1NC(=O)c1c(O)cccc1O. The third kappa shape index (κ3) is 3.00. The van der Waals surface area contributed by atoms with Crippen LogP contribution < -0.4 is 5.32 Å². The Balaban J connectivity index is 2.12. The first-order valence-electron chi connectivity index (χ1n) is 6.95. The third-order valence-electron chi connectivity index (χ3n) is 4.00. The number of hydrogen-bond donors (Lipinski definition) is 3. The Kier molecular flexibility index (Phi) is 4.30. The number of phenolic OH excluding ortho intramolecular Hbond substituents is 2. The molecule has 0 saturated heterocycles. The van der Waals surface area contributed by atoms with Crippen molar-refractivity contribution in [1.29, 1.82) is 0 Å². The highest BCUT2D eigenvalue weighted by Gasteiger charge is 2.27. The standard InChI is InChI=1S/C15H21NO3/c1-2-10-6-3-4-7-11(10)16-15(19)14-12(17)8-5-9-13(14)18/h5,8-11,17-18H,2-4,6-7H2,1H3,(H,16,19). The molecule has 1 aromatic rings. The predicted molar refractivity (Wildman–Crippen MR) is 73.3 cm³/mol.